The van der Waals surface area contributed by atoms with E-state index in [1.807, 2.05) is 6.07 Å². The number of hydrogen-bond donors (Lipinski definition) is 0. The SMILES string of the molecule is COc1cc2c(C(=O)N3CCOCC3)cn(-c3cc(F)cc4c3ccn4C)c(=O)c2cc1OC. The van der Waals surface area contributed by atoms with Crippen LogP contribution >= 0.6 is 0 Å². The molecule has 1 saturated heterocycles. The molecular weight excluding hydrogens is 441 g/mol. The Kier molecular flexibility index (Phi) is 5.49. The van der Waals surface area contributed by atoms with E-state index in [2.05, 4.69) is 0 Å². The van der Waals surface area contributed by atoms with E-state index in [4.69, 9.17) is 14.2 Å². The van der Waals surface area contributed by atoms with Gasteiger partial charge in [-0.05, 0) is 30.3 Å². The summed E-state index contributed by atoms with van der Waals surface area (Å²) in [6.45, 7) is 1.76. The number of carbonyl (C=O) groups excluding carboxylic acids is 1. The van der Waals surface area contributed by atoms with Crippen LogP contribution in [-0.4, -0.2) is 60.5 Å². The highest BCUT2D eigenvalue weighted by Crippen LogP contribution is 2.34. The third kappa shape index (κ3) is 3.49. The Morgan fingerprint density at radius 2 is 1.68 bits per heavy atom. The lowest BCUT2D eigenvalue weighted by Crippen LogP contribution is -2.41. The summed E-state index contributed by atoms with van der Waals surface area (Å²) in [5.41, 5.74) is 0.903. The van der Waals surface area contributed by atoms with Crippen LogP contribution < -0.4 is 15.0 Å². The second-order valence-corrected chi connectivity index (χ2v) is 8.16. The maximum Gasteiger partial charge on any atom is 0.263 e. The summed E-state index contributed by atoms with van der Waals surface area (Å²) >= 11 is 0. The van der Waals surface area contributed by atoms with E-state index < -0.39 is 11.4 Å². The molecular formula is C25H24FN3O5. The highest BCUT2D eigenvalue weighted by atomic mass is 19.1. The molecule has 176 valence electrons. The molecule has 0 atom stereocenters. The molecule has 0 spiro atoms. The number of halogens is 1. The van der Waals surface area contributed by atoms with E-state index in [0.29, 0.717) is 65.3 Å². The van der Waals surface area contributed by atoms with Crippen molar-refractivity contribution >= 4 is 27.6 Å². The molecule has 5 rings (SSSR count). The summed E-state index contributed by atoms with van der Waals surface area (Å²) in [5, 5.41) is 1.40. The van der Waals surface area contributed by atoms with Gasteiger partial charge in [0.25, 0.3) is 11.5 Å². The minimum absolute atomic E-state index is 0.241. The van der Waals surface area contributed by atoms with Gasteiger partial charge >= 0.3 is 0 Å². The van der Waals surface area contributed by atoms with Crippen molar-refractivity contribution in [2.45, 2.75) is 0 Å². The van der Waals surface area contributed by atoms with Gasteiger partial charge in [0.1, 0.15) is 5.82 Å². The van der Waals surface area contributed by atoms with Gasteiger partial charge in [0.05, 0.1) is 49.6 Å². The molecule has 2 aromatic heterocycles. The van der Waals surface area contributed by atoms with Gasteiger partial charge < -0.3 is 23.7 Å². The maximum atomic E-state index is 14.6. The standard InChI is InChI=1S/C25H24FN3O5/c1-27-5-4-16-20(27)10-15(26)11-21(16)29-14-19(24(30)28-6-8-34-9-7-28)17-12-22(32-2)23(33-3)13-18(17)25(29)31/h4-5,10-14H,6-9H2,1-3H3. The normalized spacial score (nSPS) is 14.1. The number of benzene rings is 2. The lowest BCUT2D eigenvalue weighted by Gasteiger charge is -2.27. The summed E-state index contributed by atoms with van der Waals surface area (Å²) in [4.78, 5) is 29.0. The van der Waals surface area contributed by atoms with Gasteiger partial charge in [-0.25, -0.2) is 4.39 Å². The van der Waals surface area contributed by atoms with Crippen LogP contribution in [0.2, 0.25) is 0 Å². The molecule has 0 radical (unpaired) electrons. The van der Waals surface area contributed by atoms with Crippen molar-refractivity contribution in [3.05, 3.63) is 64.5 Å². The lowest BCUT2D eigenvalue weighted by molar-refractivity contribution is 0.0304. The van der Waals surface area contributed by atoms with Crippen LogP contribution in [0.1, 0.15) is 10.4 Å². The largest absolute Gasteiger partial charge is 0.493 e. The molecule has 1 amide bonds. The van der Waals surface area contributed by atoms with Crippen LogP contribution in [0.4, 0.5) is 4.39 Å². The fourth-order valence-corrected chi connectivity index (χ4v) is 4.47. The molecule has 1 aliphatic rings. The van der Waals surface area contributed by atoms with Crippen molar-refractivity contribution in [1.82, 2.24) is 14.0 Å². The number of aryl methyl sites for hydroxylation is 1. The first-order valence-corrected chi connectivity index (χ1v) is 10.9. The molecule has 0 aliphatic carbocycles. The molecule has 1 fully saturated rings. The van der Waals surface area contributed by atoms with E-state index in [1.54, 1.807) is 34.8 Å². The first-order chi connectivity index (χ1) is 16.4. The number of carbonyl (C=O) groups is 1. The predicted molar refractivity (Wildman–Crippen MR) is 126 cm³/mol. The van der Waals surface area contributed by atoms with Crippen LogP contribution in [-0.2, 0) is 11.8 Å². The van der Waals surface area contributed by atoms with Crippen molar-refractivity contribution in [2.24, 2.45) is 7.05 Å². The zero-order valence-electron chi connectivity index (χ0n) is 19.1. The van der Waals surface area contributed by atoms with E-state index in [-0.39, 0.29) is 11.3 Å². The van der Waals surface area contributed by atoms with Crippen molar-refractivity contribution < 1.29 is 23.4 Å². The number of amides is 1. The van der Waals surface area contributed by atoms with Gasteiger partial charge in [-0.1, -0.05) is 0 Å². The third-order valence-corrected chi connectivity index (χ3v) is 6.26. The fourth-order valence-electron chi connectivity index (χ4n) is 4.47. The van der Waals surface area contributed by atoms with E-state index in [1.165, 1.54) is 37.1 Å². The molecule has 1 aliphatic heterocycles. The monoisotopic (exact) mass is 465 g/mol. The van der Waals surface area contributed by atoms with Crippen LogP contribution in [0.5, 0.6) is 11.5 Å². The molecule has 4 aromatic rings. The zero-order valence-corrected chi connectivity index (χ0v) is 19.1. The van der Waals surface area contributed by atoms with Gasteiger partial charge in [-0.15, -0.1) is 0 Å². The maximum absolute atomic E-state index is 14.6. The van der Waals surface area contributed by atoms with Crippen molar-refractivity contribution in [3.63, 3.8) is 0 Å². The smallest absolute Gasteiger partial charge is 0.263 e. The van der Waals surface area contributed by atoms with Gasteiger partial charge in [0, 0.05) is 43.3 Å². The Hall–Kier alpha value is -3.85. The van der Waals surface area contributed by atoms with Gasteiger partial charge in [-0.3, -0.25) is 14.2 Å². The number of nitrogens with zero attached hydrogens (tertiary/aromatic N) is 3. The fraction of sp³-hybridized carbons (Fsp3) is 0.280. The number of fused-ring (bicyclic) bond motifs is 2. The number of aromatic nitrogens is 2. The van der Waals surface area contributed by atoms with Crippen LogP contribution in [0.15, 0.2) is 47.5 Å². The molecule has 34 heavy (non-hydrogen) atoms. The number of methoxy groups -OCH3 is 2. The minimum atomic E-state index is -0.482. The average molecular weight is 465 g/mol. The lowest BCUT2D eigenvalue weighted by atomic mass is 10.0. The molecule has 8 nitrogen and oxygen atoms in total. The molecule has 0 bridgehead atoms. The Morgan fingerprint density at radius 3 is 2.35 bits per heavy atom. The second-order valence-electron chi connectivity index (χ2n) is 8.16. The molecule has 2 aromatic carbocycles. The Bertz CT molecular complexity index is 1480. The van der Waals surface area contributed by atoms with Crippen molar-refractivity contribution in [1.29, 1.82) is 0 Å². The molecule has 3 heterocycles. The number of ether oxygens (including phenoxy) is 3. The van der Waals surface area contributed by atoms with E-state index in [0.717, 1.165) is 0 Å². The second kappa shape index (κ2) is 8.49. The van der Waals surface area contributed by atoms with Crippen LogP contribution in [0.3, 0.4) is 0 Å². The summed E-state index contributed by atoms with van der Waals surface area (Å²) in [5.74, 6) is 0.0396. The quantitative estimate of drug-likeness (QED) is 0.463. The topological polar surface area (TPSA) is 74.9 Å². The third-order valence-electron chi connectivity index (χ3n) is 6.26. The minimum Gasteiger partial charge on any atom is -0.493 e. The molecule has 0 unspecified atom stereocenters. The summed E-state index contributed by atoms with van der Waals surface area (Å²) in [6, 6.07) is 7.73. The van der Waals surface area contributed by atoms with Crippen LogP contribution in [0.25, 0.3) is 27.4 Å². The van der Waals surface area contributed by atoms with Gasteiger partial charge in [0.2, 0.25) is 0 Å². The molecule has 0 saturated carbocycles. The van der Waals surface area contributed by atoms with E-state index in [9.17, 15) is 14.0 Å². The zero-order chi connectivity index (χ0) is 24.0. The van der Waals surface area contributed by atoms with Gasteiger partial charge in [-0.2, -0.15) is 0 Å². The summed E-state index contributed by atoms with van der Waals surface area (Å²) in [7, 11) is 4.78. The number of hydrogen-bond acceptors (Lipinski definition) is 5. The van der Waals surface area contributed by atoms with E-state index >= 15 is 0 Å². The molecule has 9 heteroatoms. The van der Waals surface area contributed by atoms with Crippen LogP contribution in [0, 0.1) is 5.82 Å². The Balaban J connectivity index is 1.84. The summed E-state index contributed by atoms with van der Waals surface area (Å²) in [6.07, 6.45) is 3.29. The number of morpholine rings is 1. The number of pyridine rings is 1. The first-order valence-electron chi connectivity index (χ1n) is 10.9. The number of rotatable bonds is 4. The molecule has 0 N–H and O–H groups in total. The van der Waals surface area contributed by atoms with Crippen molar-refractivity contribution in [2.75, 3.05) is 40.5 Å². The average Bonchev–Trinajstić information content (AvgIpc) is 3.23. The Morgan fingerprint density at radius 1 is 1.00 bits per heavy atom. The highest BCUT2D eigenvalue weighted by Gasteiger charge is 2.25. The summed E-state index contributed by atoms with van der Waals surface area (Å²) < 4.78 is 33.9. The first kappa shape index (κ1) is 22.0. The predicted octanol–water partition coefficient (Wildman–Crippen LogP) is 3.11. The van der Waals surface area contributed by atoms with Crippen molar-refractivity contribution in [3.8, 4) is 17.2 Å². The van der Waals surface area contributed by atoms with Gasteiger partial charge in [0.15, 0.2) is 11.5 Å². The highest BCUT2D eigenvalue weighted by molar-refractivity contribution is 6.07. The Labute approximate surface area is 194 Å².